The molecule has 0 aliphatic heterocycles. The largest absolute Gasteiger partial charge is 0.494 e. The summed E-state index contributed by atoms with van der Waals surface area (Å²) in [5, 5.41) is 0. The zero-order valence-electron chi connectivity index (χ0n) is 10.5. The Kier molecular flexibility index (Phi) is 5.77. The first kappa shape index (κ1) is 13.8. The van der Waals surface area contributed by atoms with Gasteiger partial charge in [0.2, 0.25) is 0 Å². The van der Waals surface area contributed by atoms with Gasteiger partial charge in [0.1, 0.15) is 5.75 Å². The Morgan fingerprint density at radius 2 is 2.12 bits per heavy atom. The zero-order chi connectivity index (χ0) is 12.7. The first-order valence-electron chi connectivity index (χ1n) is 5.78. The fraction of sp³-hybridized carbons (Fsp3) is 0.462. The Bertz CT molecular complexity index is 366. The molecule has 0 radical (unpaired) electrons. The number of ether oxygens (including phenoxy) is 1. The summed E-state index contributed by atoms with van der Waals surface area (Å²) in [6, 6.07) is 8.06. The van der Waals surface area contributed by atoms with Crippen LogP contribution in [0.4, 0.5) is 5.69 Å². The lowest BCUT2D eigenvalue weighted by molar-refractivity contribution is 0.308. The lowest BCUT2D eigenvalue weighted by atomic mass is 10.2. The third kappa shape index (κ3) is 5.54. The maximum atomic E-state index is 5.67. The van der Waals surface area contributed by atoms with Crippen LogP contribution >= 0.6 is 12.2 Å². The van der Waals surface area contributed by atoms with Crippen LogP contribution in [-0.2, 0) is 0 Å². The van der Waals surface area contributed by atoms with E-state index in [0.29, 0.717) is 11.6 Å². The molecule has 1 rings (SSSR count). The van der Waals surface area contributed by atoms with Crippen molar-refractivity contribution in [3.05, 3.63) is 24.3 Å². The summed E-state index contributed by atoms with van der Waals surface area (Å²) in [5.74, 6) is 0.909. The molecule has 0 aromatic heterocycles. The number of anilines is 1. The van der Waals surface area contributed by atoms with E-state index in [0.717, 1.165) is 30.7 Å². The highest BCUT2D eigenvalue weighted by Gasteiger charge is 1.98. The molecular formula is C13H20N2OS. The molecule has 94 valence electrons. The Morgan fingerprint density at radius 3 is 2.76 bits per heavy atom. The topological polar surface area (TPSA) is 38.5 Å². The van der Waals surface area contributed by atoms with Crippen molar-refractivity contribution < 1.29 is 4.74 Å². The van der Waals surface area contributed by atoms with Crippen LogP contribution < -0.4 is 15.4 Å². The molecule has 0 aliphatic rings. The fourth-order valence-corrected chi connectivity index (χ4v) is 1.59. The number of benzene rings is 1. The predicted octanol–water partition coefficient (Wildman–Crippen LogP) is 2.59. The summed E-state index contributed by atoms with van der Waals surface area (Å²) in [6.45, 7) is 0.708. The molecule has 0 saturated heterocycles. The Hall–Kier alpha value is -1.29. The van der Waals surface area contributed by atoms with Crippen LogP contribution in [0.25, 0.3) is 0 Å². The molecule has 0 saturated carbocycles. The number of nitrogens with zero attached hydrogens (tertiary/aromatic N) is 1. The highest BCUT2D eigenvalue weighted by atomic mass is 32.1. The van der Waals surface area contributed by atoms with Crippen LogP contribution in [0.1, 0.15) is 19.3 Å². The molecule has 0 fully saturated rings. The smallest absolute Gasteiger partial charge is 0.121 e. The molecule has 0 unspecified atom stereocenters. The standard InChI is InChI=1S/C13H20N2OS/c1-15(2)11-6-5-7-12(10-11)16-9-4-3-8-13(14)17/h5-7,10H,3-4,8-9H2,1-2H3,(H2,14,17). The number of rotatable bonds is 7. The number of hydrogen-bond donors (Lipinski definition) is 1. The maximum absolute atomic E-state index is 5.67. The number of nitrogens with two attached hydrogens (primary N) is 1. The molecule has 0 bridgehead atoms. The summed E-state index contributed by atoms with van der Waals surface area (Å²) in [7, 11) is 4.03. The first-order valence-corrected chi connectivity index (χ1v) is 6.19. The van der Waals surface area contributed by atoms with Crippen molar-refractivity contribution in [2.24, 2.45) is 5.73 Å². The van der Waals surface area contributed by atoms with Crippen LogP contribution in [0.15, 0.2) is 24.3 Å². The Morgan fingerprint density at radius 1 is 1.35 bits per heavy atom. The molecule has 2 N–H and O–H groups in total. The van der Waals surface area contributed by atoms with Gasteiger partial charge < -0.3 is 15.4 Å². The van der Waals surface area contributed by atoms with Gasteiger partial charge in [-0.25, -0.2) is 0 Å². The van der Waals surface area contributed by atoms with E-state index in [1.54, 1.807) is 0 Å². The van der Waals surface area contributed by atoms with Crippen LogP contribution in [-0.4, -0.2) is 25.7 Å². The third-order valence-corrected chi connectivity index (χ3v) is 2.62. The van der Waals surface area contributed by atoms with Crippen LogP contribution in [0.2, 0.25) is 0 Å². The van der Waals surface area contributed by atoms with Gasteiger partial charge in [-0.15, -0.1) is 0 Å². The van der Waals surface area contributed by atoms with Crippen molar-refractivity contribution >= 4 is 22.9 Å². The summed E-state index contributed by atoms with van der Waals surface area (Å²) < 4.78 is 5.67. The van der Waals surface area contributed by atoms with Crippen molar-refractivity contribution in [2.45, 2.75) is 19.3 Å². The van der Waals surface area contributed by atoms with Crippen molar-refractivity contribution in [1.29, 1.82) is 0 Å². The summed E-state index contributed by atoms with van der Waals surface area (Å²) in [6.07, 6.45) is 2.77. The van der Waals surface area contributed by atoms with Gasteiger partial charge in [0, 0.05) is 25.8 Å². The first-order chi connectivity index (χ1) is 8.09. The van der Waals surface area contributed by atoms with E-state index in [-0.39, 0.29) is 0 Å². The Labute approximate surface area is 109 Å². The number of thiocarbonyl (C=S) groups is 1. The van der Waals surface area contributed by atoms with Gasteiger partial charge in [0.25, 0.3) is 0 Å². The number of hydrogen-bond acceptors (Lipinski definition) is 3. The minimum absolute atomic E-state index is 0.583. The van der Waals surface area contributed by atoms with Crippen molar-refractivity contribution in [2.75, 3.05) is 25.6 Å². The van der Waals surface area contributed by atoms with E-state index in [2.05, 4.69) is 11.0 Å². The average Bonchev–Trinajstić information content (AvgIpc) is 2.28. The second-order valence-electron chi connectivity index (χ2n) is 4.16. The molecule has 4 heteroatoms. The highest BCUT2D eigenvalue weighted by Crippen LogP contribution is 2.19. The molecule has 0 atom stereocenters. The molecule has 0 heterocycles. The summed E-state index contributed by atoms with van der Waals surface area (Å²) >= 11 is 4.82. The highest BCUT2D eigenvalue weighted by molar-refractivity contribution is 7.80. The average molecular weight is 252 g/mol. The van der Waals surface area contributed by atoms with Crippen LogP contribution in [0.3, 0.4) is 0 Å². The zero-order valence-corrected chi connectivity index (χ0v) is 11.3. The quantitative estimate of drug-likeness (QED) is 0.598. The van der Waals surface area contributed by atoms with E-state index in [1.807, 2.05) is 32.3 Å². The SMILES string of the molecule is CN(C)c1cccc(OCCCCC(N)=S)c1. The van der Waals surface area contributed by atoms with E-state index in [9.17, 15) is 0 Å². The van der Waals surface area contributed by atoms with Gasteiger partial charge >= 0.3 is 0 Å². The van der Waals surface area contributed by atoms with E-state index >= 15 is 0 Å². The van der Waals surface area contributed by atoms with E-state index < -0.39 is 0 Å². The molecule has 1 aromatic rings. The fourth-order valence-electron chi connectivity index (χ4n) is 1.44. The summed E-state index contributed by atoms with van der Waals surface area (Å²) in [5.41, 5.74) is 6.57. The molecule has 17 heavy (non-hydrogen) atoms. The van der Waals surface area contributed by atoms with Gasteiger partial charge in [-0.05, 0) is 31.4 Å². The molecule has 0 amide bonds. The van der Waals surface area contributed by atoms with Crippen molar-refractivity contribution in [1.82, 2.24) is 0 Å². The van der Waals surface area contributed by atoms with Gasteiger partial charge in [0.05, 0.1) is 11.6 Å². The molecule has 3 nitrogen and oxygen atoms in total. The lowest BCUT2D eigenvalue weighted by Crippen LogP contribution is -2.09. The summed E-state index contributed by atoms with van der Waals surface area (Å²) in [4.78, 5) is 2.64. The second kappa shape index (κ2) is 7.12. The maximum Gasteiger partial charge on any atom is 0.121 e. The third-order valence-electron chi connectivity index (χ3n) is 2.42. The second-order valence-corrected chi connectivity index (χ2v) is 4.69. The molecular weight excluding hydrogens is 232 g/mol. The van der Waals surface area contributed by atoms with Crippen molar-refractivity contribution in [3.8, 4) is 5.75 Å². The van der Waals surface area contributed by atoms with Crippen molar-refractivity contribution in [3.63, 3.8) is 0 Å². The molecule has 0 aliphatic carbocycles. The van der Waals surface area contributed by atoms with Crippen LogP contribution in [0.5, 0.6) is 5.75 Å². The minimum Gasteiger partial charge on any atom is -0.494 e. The molecule has 1 aromatic carbocycles. The Balaban J connectivity index is 2.31. The normalized spacial score (nSPS) is 10.0. The monoisotopic (exact) mass is 252 g/mol. The van der Waals surface area contributed by atoms with Crippen LogP contribution in [0, 0.1) is 0 Å². The van der Waals surface area contributed by atoms with E-state index in [1.165, 1.54) is 0 Å². The lowest BCUT2D eigenvalue weighted by Gasteiger charge is -2.14. The van der Waals surface area contributed by atoms with E-state index in [4.69, 9.17) is 22.7 Å². The van der Waals surface area contributed by atoms with Gasteiger partial charge in [-0.2, -0.15) is 0 Å². The van der Waals surface area contributed by atoms with Gasteiger partial charge in [0.15, 0.2) is 0 Å². The number of unbranched alkanes of at least 4 members (excludes halogenated alkanes) is 1. The minimum atomic E-state index is 0.583. The predicted molar refractivity (Wildman–Crippen MR) is 76.9 cm³/mol. The van der Waals surface area contributed by atoms with Gasteiger partial charge in [-0.3, -0.25) is 0 Å². The van der Waals surface area contributed by atoms with Gasteiger partial charge in [-0.1, -0.05) is 18.3 Å². The molecule has 0 spiro atoms.